The van der Waals surface area contributed by atoms with Crippen LogP contribution in [0.1, 0.15) is 26.5 Å². The number of esters is 1. The van der Waals surface area contributed by atoms with E-state index in [2.05, 4.69) is 10.6 Å². The van der Waals surface area contributed by atoms with E-state index in [0.717, 1.165) is 5.39 Å². The first-order valence-electron chi connectivity index (χ1n) is 10.5. The molecule has 0 fully saturated rings. The van der Waals surface area contributed by atoms with Gasteiger partial charge in [-0.25, -0.2) is 4.79 Å². The molecule has 0 atom stereocenters. The Morgan fingerprint density at radius 1 is 0.882 bits per heavy atom. The van der Waals surface area contributed by atoms with Crippen molar-refractivity contribution in [2.45, 2.75) is 6.61 Å². The van der Waals surface area contributed by atoms with Crippen molar-refractivity contribution in [2.75, 3.05) is 19.0 Å². The molecule has 0 unspecified atom stereocenters. The van der Waals surface area contributed by atoms with E-state index in [-0.39, 0.29) is 18.3 Å². The summed E-state index contributed by atoms with van der Waals surface area (Å²) in [6, 6.07) is 22.7. The van der Waals surface area contributed by atoms with E-state index >= 15 is 0 Å². The molecule has 0 aliphatic heterocycles. The lowest BCUT2D eigenvalue weighted by atomic mass is 10.1. The number of anilines is 1. The normalized spacial score (nSPS) is 10.5. The number of para-hydroxylation sites is 2. The molecule has 0 aliphatic carbocycles. The SMILES string of the molecule is CNC(=O)c1ccc(NC(=O)COC(=O)c2oc3ccccc3c2COc2ccccc2)cc1. The summed E-state index contributed by atoms with van der Waals surface area (Å²) in [6.45, 7) is -0.415. The van der Waals surface area contributed by atoms with E-state index in [1.54, 1.807) is 36.4 Å². The third kappa shape index (κ3) is 5.24. The second kappa shape index (κ2) is 10.4. The van der Waals surface area contributed by atoms with Gasteiger partial charge >= 0.3 is 5.97 Å². The van der Waals surface area contributed by atoms with Crippen LogP contribution >= 0.6 is 0 Å². The van der Waals surface area contributed by atoms with Gasteiger partial charge in [0, 0.05) is 23.7 Å². The van der Waals surface area contributed by atoms with Crippen LogP contribution in [0.2, 0.25) is 0 Å². The van der Waals surface area contributed by atoms with Gasteiger partial charge in [0.25, 0.3) is 11.8 Å². The fraction of sp³-hybridized carbons (Fsp3) is 0.115. The molecule has 0 saturated carbocycles. The second-order valence-corrected chi connectivity index (χ2v) is 7.29. The van der Waals surface area contributed by atoms with Crippen LogP contribution in [0.4, 0.5) is 5.69 Å². The van der Waals surface area contributed by atoms with Crippen molar-refractivity contribution < 1.29 is 28.3 Å². The molecule has 0 aliphatic rings. The first-order valence-corrected chi connectivity index (χ1v) is 10.5. The first kappa shape index (κ1) is 22.6. The van der Waals surface area contributed by atoms with Crippen molar-refractivity contribution >= 4 is 34.4 Å². The van der Waals surface area contributed by atoms with Gasteiger partial charge < -0.3 is 24.5 Å². The molecule has 2 N–H and O–H groups in total. The molecule has 8 heteroatoms. The highest BCUT2D eigenvalue weighted by Gasteiger charge is 2.23. The molecule has 172 valence electrons. The van der Waals surface area contributed by atoms with Gasteiger partial charge in [0.2, 0.25) is 5.76 Å². The minimum absolute atomic E-state index is 0.0140. The van der Waals surface area contributed by atoms with Crippen LogP contribution in [0, 0.1) is 0 Å². The summed E-state index contributed by atoms with van der Waals surface area (Å²) in [5, 5.41) is 5.87. The minimum atomic E-state index is -0.770. The summed E-state index contributed by atoms with van der Waals surface area (Å²) in [4.78, 5) is 36.6. The number of carbonyl (C=O) groups is 3. The summed E-state index contributed by atoms with van der Waals surface area (Å²) in [5.74, 6) is -0.898. The predicted molar refractivity (Wildman–Crippen MR) is 126 cm³/mol. The van der Waals surface area contributed by atoms with E-state index in [1.807, 2.05) is 42.5 Å². The molecule has 0 radical (unpaired) electrons. The lowest BCUT2D eigenvalue weighted by molar-refractivity contribution is -0.119. The minimum Gasteiger partial charge on any atom is -0.489 e. The largest absolute Gasteiger partial charge is 0.489 e. The molecule has 34 heavy (non-hydrogen) atoms. The number of hydrogen-bond acceptors (Lipinski definition) is 6. The van der Waals surface area contributed by atoms with Crippen LogP contribution < -0.4 is 15.4 Å². The van der Waals surface area contributed by atoms with Crippen LogP contribution in [-0.2, 0) is 16.1 Å². The number of fused-ring (bicyclic) bond motifs is 1. The number of furan rings is 1. The summed E-state index contributed by atoms with van der Waals surface area (Å²) < 4.78 is 16.7. The van der Waals surface area contributed by atoms with E-state index in [9.17, 15) is 14.4 Å². The molecule has 2 amide bonds. The Bertz CT molecular complexity index is 1310. The van der Waals surface area contributed by atoms with Gasteiger partial charge in [-0.15, -0.1) is 0 Å². The Morgan fingerprint density at radius 2 is 1.59 bits per heavy atom. The fourth-order valence-corrected chi connectivity index (χ4v) is 3.32. The molecule has 3 aromatic carbocycles. The molecule has 1 aromatic heterocycles. The quantitative estimate of drug-likeness (QED) is 0.384. The zero-order chi connectivity index (χ0) is 23.9. The monoisotopic (exact) mass is 458 g/mol. The Balaban J connectivity index is 1.42. The van der Waals surface area contributed by atoms with Crippen molar-refractivity contribution in [1.29, 1.82) is 0 Å². The van der Waals surface area contributed by atoms with Crippen LogP contribution in [0.5, 0.6) is 5.75 Å². The van der Waals surface area contributed by atoms with Gasteiger partial charge in [-0.1, -0.05) is 36.4 Å². The summed E-state index contributed by atoms with van der Waals surface area (Å²) >= 11 is 0. The predicted octanol–water partition coefficient (Wildman–Crippen LogP) is 4.17. The molecule has 0 spiro atoms. The van der Waals surface area contributed by atoms with E-state index in [1.165, 1.54) is 7.05 Å². The van der Waals surface area contributed by atoms with Crippen LogP contribution in [-0.4, -0.2) is 31.4 Å². The van der Waals surface area contributed by atoms with Crippen molar-refractivity contribution in [2.24, 2.45) is 0 Å². The smallest absolute Gasteiger partial charge is 0.375 e. The highest BCUT2D eigenvalue weighted by molar-refractivity contribution is 5.99. The maximum absolute atomic E-state index is 12.8. The number of rotatable bonds is 8. The highest BCUT2D eigenvalue weighted by atomic mass is 16.5. The zero-order valence-corrected chi connectivity index (χ0v) is 18.4. The molecule has 8 nitrogen and oxygen atoms in total. The number of amides is 2. The summed E-state index contributed by atoms with van der Waals surface area (Å²) in [7, 11) is 1.54. The third-order valence-electron chi connectivity index (χ3n) is 5.00. The maximum atomic E-state index is 12.8. The van der Waals surface area contributed by atoms with Gasteiger partial charge in [-0.3, -0.25) is 9.59 Å². The van der Waals surface area contributed by atoms with Crippen molar-refractivity contribution in [1.82, 2.24) is 5.32 Å². The lowest BCUT2D eigenvalue weighted by Gasteiger charge is -2.08. The zero-order valence-electron chi connectivity index (χ0n) is 18.4. The van der Waals surface area contributed by atoms with Crippen molar-refractivity contribution in [3.8, 4) is 5.75 Å². The second-order valence-electron chi connectivity index (χ2n) is 7.29. The Labute approximate surface area is 195 Å². The van der Waals surface area contributed by atoms with Gasteiger partial charge in [0.15, 0.2) is 6.61 Å². The topological polar surface area (TPSA) is 107 Å². The Hall–Kier alpha value is -4.59. The van der Waals surface area contributed by atoms with Crippen LogP contribution in [0.15, 0.2) is 83.3 Å². The van der Waals surface area contributed by atoms with E-state index in [0.29, 0.717) is 28.1 Å². The molecule has 4 rings (SSSR count). The molecule has 1 heterocycles. The number of carbonyl (C=O) groups excluding carboxylic acids is 3. The Morgan fingerprint density at radius 3 is 2.32 bits per heavy atom. The standard InChI is InChI=1S/C26H22N2O6/c1-27-25(30)17-11-13-18(14-12-17)28-23(29)16-33-26(31)24-21(15-32-19-7-3-2-4-8-19)20-9-5-6-10-22(20)34-24/h2-14H,15-16H2,1H3,(H,27,30)(H,28,29). The van der Waals surface area contributed by atoms with Gasteiger partial charge in [-0.05, 0) is 42.5 Å². The first-order chi connectivity index (χ1) is 16.5. The number of nitrogens with one attached hydrogen (secondary N) is 2. The molecule has 0 saturated heterocycles. The van der Waals surface area contributed by atoms with Gasteiger partial charge in [0.05, 0.1) is 5.56 Å². The van der Waals surface area contributed by atoms with Crippen molar-refractivity contribution in [3.05, 3.63) is 95.7 Å². The van der Waals surface area contributed by atoms with Crippen LogP contribution in [0.3, 0.4) is 0 Å². The van der Waals surface area contributed by atoms with E-state index in [4.69, 9.17) is 13.9 Å². The van der Waals surface area contributed by atoms with Crippen molar-refractivity contribution in [3.63, 3.8) is 0 Å². The third-order valence-corrected chi connectivity index (χ3v) is 5.00. The van der Waals surface area contributed by atoms with Gasteiger partial charge in [0.1, 0.15) is 17.9 Å². The summed E-state index contributed by atoms with van der Waals surface area (Å²) in [6.07, 6.45) is 0. The molecule has 4 aromatic rings. The fourth-order valence-electron chi connectivity index (χ4n) is 3.32. The lowest BCUT2D eigenvalue weighted by Crippen LogP contribution is -2.21. The number of ether oxygens (including phenoxy) is 2. The highest BCUT2D eigenvalue weighted by Crippen LogP contribution is 2.28. The number of benzene rings is 3. The maximum Gasteiger partial charge on any atom is 0.375 e. The average Bonchev–Trinajstić information content (AvgIpc) is 3.25. The van der Waals surface area contributed by atoms with Crippen LogP contribution in [0.25, 0.3) is 11.0 Å². The summed E-state index contributed by atoms with van der Waals surface area (Å²) in [5.41, 5.74) is 1.98. The van der Waals surface area contributed by atoms with Gasteiger partial charge in [-0.2, -0.15) is 0 Å². The average molecular weight is 458 g/mol. The molecule has 0 bridgehead atoms. The number of hydrogen-bond donors (Lipinski definition) is 2. The molecular weight excluding hydrogens is 436 g/mol. The molecular formula is C26H22N2O6. The van der Waals surface area contributed by atoms with E-state index < -0.39 is 18.5 Å². The Kier molecular flexibility index (Phi) is 6.88.